The van der Waals surface area contributed by atoms with E-state index in [1.807, 2.05) is 0 Å². The van der Waals surface area contributed by atoms with E-state index in [9.17, 15) is 23.1 Å². The highest BCUT2D eigenvalue weighted by Gasteiger charge is 2.32. The molecule has 0 aliphatic carbocycles. The van der Waals surface area contributed by atoms with Gasteiger partial charge >= 0.3 is 6.18 Å². The van der Waals surface area contributed by atoms with Crippen LogP contribution in [0.15, 0.2) is 42.5 Å². The van der Waals surface area contributed by atoms with E-state index in [0.29, 0.717) is 33.8 Å². The summed E-state index contributed by atoms with van der Waals surface area (Å²) in [7, 11) is 0. The molecule has 0 saturated heterocycles. The molecule has 4 rings (SSSR count). The molecule has 1 aliphatic rings. The van der Waals surface area contributed by atoms with Crippen molar-refractivity contribution in [1.82, 2.24) is 4.98 Å². The van der Waals surface area contributed by atoms with E-state index in [2.05, 4.69) is 10.3 Å². The minimum atomic E-state index is -4.46. The molecule has 0 bridgehead atoms. The maximum Gasteiger partial charge on any atom is 0.416 e. The number of aliphatic hydroxyl groups is 1. The Morgan fingerprint density at radius 2 is 2.10 bits per heavy atom. The van der Waals surface area contributed by atoms with E-state index in [4.69, 9.17) is 4.74 Å². The average molecular weight is 420 g/mol. The lowest BCUT2D eigenvalue weighted by atomic mass is 9.97. The van der Waals surface area contributed by atoms with Gasteiger partial charge in [-0.15, -0.1) is 11.3 Å². The molecule has 2 N–H and O–H groups in total. The first-order valence-corrected chi connectivity index (χ1v) is 9.51. The van der Waals surface area contributed by atoms with Crippen LogP contribution in [0.4, 0.5) is 18.9 Å². The average Bonchev–Trinajstić information content (AvgIpc) is 3.09. The van der Waals surface area contributed by atoms with Gasteiger partial charge in [0.2, 0.25) is 5.91 Å². The number of hydrogen-bond donors (Lipinski definition) is 2. The number of amides is 1. The number of rotatable bonds is 3. The summed E-state index contributed by atoms with van der Waals surface area (Å²) in [5.74, 6) is -0.282. The Balaban J connectivity index is 1.56. The lowest BCUT2D eigenvalue weighted by Crippen LogP contribution is -2.14. The van der Waals surface area contributed by atoms with Crippen molar-refractivity contribution in [3.63, 3.8) is 0 Å². The number of thiazole rings is 1. The first kappa shape index (κ1) is 19.4. The molecule has 150 valence electrons. The second-order valence-electron chi connectivity index (χ2n) is 6.41. The van der Waals surface area contributed by atoms with Crippen molar-refractivity contribution in [3.05, 3.63) is 58.6 Å². The highest BCUT2D eigenvalue weighted by Crippen LogP contribution is 2.38. The molecular weight excluding hydrogens is 405 g/mol. The first-order valence-electron chi connectivity index (χ1n) is 8.70. The quantitative estimate of drug-likeness (QED) is 0.607. The highest BCUT2D eigenvalue weighted by atomic mass is 32.1. The summed E-state index contributed by atoms with van der Waals surface area (Å²) in [4.78, 5) is 16.7. The number of aromatic nitrogens is 1. The molecule has 29 heavy (non-hydrogen) atoms. The fraction of sp³-hybridized carbons (Fsp3) is 0.200. The van der Waals surface area contributed by atoms with Crippen molar-refractivity contribution in [2.24, 2.45) is 0 Å². The molecule has 1 aromatic heterocycles. The minimum absolute atomic E-state index is 0.116. The molecular formula is C20H15F3N2O3S. The normalized spacial score (nSPS) is 15.2. The third kappa shape index (κ3) is 4.10. The van der Waals surface area contributed by atoms with Crippen molar-refractivity contribution < 1.29 is 27.8 Å². The molecule has 2 heterocycles. The number of ether oxygens (including phenoxy) is 1. The van der Waals surface area contributed by atoms with E-state index >= 15 is 0 Å². The Labute approximate surface area is 167 Å². The Morgan fingerprint density at radius 1 is 1.28 bits per heavy atom. The highest BCUT2D eigenvalue weighted by molar-refractivity contribution is 7.18. The third-order valence-electron chi connectivity index (χ3n) is 4.42. The standard InChI is InChI=1S/C20H15F3N2O3S/c21-20(22,23)12-1-3-14-11(5-6-28-16(14)8-12)7-18(27)24-13-2-4-17-15(9-13)25-19(10-26)29-17/h1-4,7-9,26H,5-6,10H2,(H,24,27)/b11-7+. The van der Waals surface area contributed by atoms with E-state index in [1.54, 1.807) is 18.2 Å². The van der Waals surface area contributed by atoms with Crippen molar-refractivity contribution in [2.45, 2.75) is 19.2 Å². The van der Waals surface area contributed by atoms with Crippen LogP contribution in [0, 0.1) is 0 Å². The molecule has 2 aromatic carbocycles. The van der Waals surface area contributed by atoms with Crippen LogP contribution in [0.3, 0.4) is 0 Å². The summed E-state index contributed by atoms with van der Waals surface area (Å²) >= 11 is 1.37. The van der Waals surface area contributed by atoms with Crippen LogP contribution >= 0.6 is 11.3 Å². The Kier molecular flexibility index (Phi) is 5.01. The molecule has 1 amide bonds. The van der Waals surface area contributed by atoms with Gasteiger partial charge in [-0.2, -0.15) is 13.2 Å². The zero-order valence-electron chi connectivity index (χ0n) is 14.9. The van der Waals surface area contributed by atoms with Crippen LogP contribution in [0.2, 0.25) is 0 Å². The molecule has 0 saturated carbocycles. The molecule has 5 nitrogen and oxygen atoms in total. The number of alkyl halides is 3. The second kappa shape index (κ2) is 7.49. The number of nitrogens with zero attached hydrogens (tertiary/aromatic N) is 1. The number of hydrogen-bond acceptors (Lipinski definition) is 5. The lowest BCUT2D eigenvalue weighted by Gasteiger charge is -2.21. The molecule has 0 unspecified atom stereocenters. The summed E-state index contributed by atoms with van der Waals surface area (Å²) in [6.45, 7) is 0.0484. The third-order valence-corrected chi connectivity index (χ3v) is 5.44. The first-order chi connectivity index (χ1) is 13.8. The topological polar surface area (TPSA) is 71.5 Å². The molecule has 0 radical (unpaired) electrons. The number of nitrogens with one attached hydrogen (secondary N) is 1. The summed E-state index contributed by atoms with van der Waals surface area (Å²) in [6.07, 6.45) is -2.67. The van der Waals surface area contributed by atoms with Crippen LogP contribution in [0.25, 0.3) is 15.8 Å². The van der Waals surface area contributed by atoms with E-state index in [0.717, 1.165) is 16.8 Å². The van der Waals surface area contributed by atoms with Crippen molar-refractivity contribution in [3.8, 4) is 5.75 Å². The van der Waals surface area contributed by atoms with Crippen LogP contribution in [0.1, 0.15) is 22.6 Å². The number of fused-ring (bicyclic) bond motifs is 2. The fourth-order valence-corrected chi connectivity index (χ4v) is 3.90. The lowest BCUT2D eigenvalue weighted by molar-refractivity contribution is -0.137. The van der Waals surface area contributed by atoms with Crippen LogP contribution in [-0.4, -0.2) is 22.6 Å². The summed E-state index contributed by atoms with van der Waals surface area (Å²) < 4.78 is 44.9. The van der Waals surface area contributed by atoms with Gasteiger partial charge < -0.3 is 15.2 Å². The second-order valence-corrected chi connectivity index (χ2v) is 7.53. The van der Waals surface area contributed by atoms with Gasteiger partial charge in [0.1, 0.15) is 10.8 Å². The maximum atomic E-state index is 12.9. The predicted octanol–water partition coefficient (Wildman–Crippen LogP) is 4.61. The number of anilines is 1. The SMILES string of the molecule is O=C(/C=C1\CCOc2cc(C(F)(F)F)ccc21)Nc1ccc2sc(CO)nc2c1. The minimum Gasteiger partial charge on any atom is -0.493 e. The van der Waals surface area contributed by atoms with Gasteiger partial charge in [0.25, 0.3) is 0 Å². The van der Waals surface area contributed by atoms with Gasteiger partial charge in [-0.25, -0.2) is 4.98 Å². The van der Waals surface area contributed by atoms with Crippen molar-refractivity contribution >= 4 is 38.7 Å². The number of carbonyl (C=O) groups excluding carboxylic acids is 1. The van der Waals surface area contributed by atoms with Crippen molar-refractivity contribution in [1.29, 1.82) is 0 Å². The molecule has 9 heteroatoms. The predicted molar refractivity (Wildman–Crippen MR) is 104 cm³/mol. The van der Waals surface area contributed by atoms with Gasteiger partial charge in [-0.3, -0.25) is 4.79 Å². The van der Waals surface area contributed by atoms with Gasteiger partial charge in [0, 0.05) is 23.7 Å². The Morgan fingerprint density at radius 3 is 2.86 bits per heavy atom. The molecule has 0 atom stereocenters. The van der Waals surface area contributed by atoms with Gasteiger partial charge in [0.05, 0.1) is 29.0 Å². The Hall–Kier alpha value is -2.91. The fourth-order valence-electron chi connectivity index (χ4n) is 3.10. The van der Waals surface area contributed by atoms with E-state index < -0.39 is 17.6 Å². The van der Waals surface area contributed by atoms with Crippen LogP contribution < -0.4 is 10.1 Å². The molecule has 1 aliphatic heterocycles. The maximum absolute atomic E-state index is 12.9. The number of benzene rings is 2. The smallest absolute Gasteiger partial charge is 0.416 e. The zero-order valence-corrected chi connectivity index (χ0v) is 15.7. The van der Waals surface area contributed by atoms with E-state index in [1.165, 1.54) is 23.5 Å². The van der Waals surface area contributed by atoms with Crippen LogP contribution in [0.5, 0.6) is 5.75 Å². The van der Waals surface area contributed by atoms with Crippen molar-refractivity contribution in [2.75, 3.05) is 11.9 Å². The molecule has 0 fully saturated rings. The number of carbonyl (C=O) groups is 1. The number of aliphatic hydroxyl groups excluding tert-OH is 1. The largest absolute Gasteiger partial charge is 0.493 e. The van der Waals surface area contributed by atoms with Gasteiger partial charge in [-0.1, -0.05) is 6.07 Å². The molecule has 0 spiro atoms. The Bertz CT molecular complexity index is 1120. The van der Waals surface area contributed by atoms with Gasteiger partial charge in [0.15, 0.2) is 0 Å². The summed E-state index contributed by atoms with van der Waals surface area (Å²) in [5, 5.41) is 12.5. The zero-order chi connectivity index (χ0) is 20.6. The van der Waals surface area contributed by atoms with Crippen LogP contribution in [-0.2, 0) is 17.6 Å². The van der Waals surface area contributed by atoms with Gasteiger partial charge in [-0.05, 0) is 35.9 Å². The summed E-state index contributed by atoms with van der Waals surface area (Å²) in [6, 6.07) is 8.50. The van der Waals surface area contributed by atoms with E-state index in [-0.39, 0.29) is 19.0 Å². The summed E-state index contributed by atoms with van der Waals surface area (Å²) in [5.41, 5.74) is 1.49. The molecule has 3 aromatic rings. The number of halogens is 3. The monoisotopic (exact) mass is 420 g/mol.